The molecule has 188 valence electrons. The van der Waals surface area contributed by atoms with E-state index in [0.717, 1.165) is 18.7 Å². The maximum absolute atomic E-state index is 15.7. The number of hydrogen-bond donors (Lipinski definition) is 1. The molecule has 0 amide bonds. The van der Waals surface area contributed by atoms with Crippen molar-refractivity contribution in [1.29, 1.82) is 0 Å². The van der Waals surface area contributed by atoms with Crippen molar-refractivity contribution < 1.29 is 19.0 Å². The lowest BCUT2D eigenvalue weighted by atomic mass is 9.71. The van der Waals surface area contributed by atoms with Gasteiger partial charge in [-0.3, -0.25) is 19.7 Å². The summed E-state index contributed by atoms with van der Waals surface area (Å²) in [5.74, 6) is 6.02. The van der Waals surface area contributed by atoms with E-state index in [4.69, 9.17) is 16.3 Å². The largest absolute Gasteiger partial charge is 0.497 e. The summed E-state index contributed by atoms with van der Waals surface area (Å²) < 4.78 is 21.0. The first-order valence-electron chi connectivity index (χ1n) is 12.0. The number of carboxylic acids is 1. The molecule has 1 saturated heterocycles. The molecule has 6 nitrogen and oxygen atoms in total. The van der Waals surface area contributed by atoms with Gasteiger partial charge in [-0.05, 0) is 74.5 Å². The van der Waals surface area contributed by atoms with Crippen LogP contribution in [0.1, 0.15) is 49.4 Å². The number of pyridine rings is 2. The maximum atomic E-state index is 15.7. The minimum Gasteiger partial charge on any atom is -0.497 e. The minimum atomic E-state index is -1.34. The lowest BCUT2D eigenvalue weighted by molar-refractivity contribution is -0.141. The molecule has 3 heterocycles. The maximum Gasteiger partial charge on any atom is 0.303 e. The van der Waals surface area contributed by atoms with Crippen molar-refractivity contribution in [3.8, 4) is 17.6 Å². The summed E-state index contributed by atoms with van der Waals surface area (Å²) in [4.78, 5) is 22.3. The number of rotatable bonds is 8. The number of aliphatic carboxylic acids is 1. The Kier molecular flexibility index (Phi) is 8.40. The van der Waals surface area contributed by atoms with Crippen LogP contribution in [-0.2, 0) is 4.79 Å². The Balaban J connectivity index is 1.43. The van der Waals surface area contributed by atoms with Gasteiger partial charge in [-0.15, -0.1) is 0 Å². The lowest BCUT2D eigenvalue weighted by Crippen LogP contribution is -2.41. The van der Waals surface area contributed by atoms with Crippen LogP contribution in [-0.4, -0.2) is 52.7 Å². The van der Waals surface area contributed by atoms with Crippen molar-refractivity contribution in [2.24, 2.45) is 5.41 Å². The van der Waals surface area contributed by atoms with E-state index in [2.05, 4.69) is 26.7 Å². The van der Waals surface area contributed by atoms with Gasteiger partial charge in [-0.25, -0.2) is 4.39 Å². The van der Waals surface area contributed by atoms with Gasteiger partial charge in [0, 0.05) is 35.1 Å². The SMILES string of the molecule is COc1ccc2ncc(Cl)c([C@H](F)CCC3(CC(=O)O)CCN(CC#Cc4cccnc4)CC3)c2c1. The van der Waals surface area contributed by atoms with Crippen molar-refractivity contribution in [1.82, 2.24) is 14.9 Å². The van der Waals surface area contributed by atoms with Gasteiger partial charge in [0.15, 0.2) is 0 Å². The van der Waals surface area contributed by atoms with E-state index in [1.165, 1.54) is 6.20 Å². The second kappa shape index (κ2) is 11.7. The van der Waals surface area contributed by atoms with Gasteiger partial charge in [0.25, 0.3) is 0 Å². The highest BCUT2D eigenvalue weighted by atomic mass is 35.5. The quantitative estimate of drug-likeness (QED) is 0.393. The predicted octanol–water partition coefficient (Wildman–Crippen LogP) is 5.69. The number of benzene rings is 1. The van der Waals surface area contributed by atoms with E-state index < -0.39 is 17.6 Å². The van der Waals surface area contributed by atoms with E-state index >= 15 is 4.39 Å². The highest BCUT2D eigenvalue weighted by Crippen LogP contribution is 2.44. The molecule has 1 N–H and O–H groups in total. The van der Waals surface area contributed by atoms with E-state index in [1.54, 1.807) is 37.7 Å². The van der Waals surface area contributed by atoms with Crippen molar-refractivity contribution in [2.75, 3.05) is 26.7 Å². The van der Waals surface area contributed by atoms with Crippen LogP contribution in [0.2, 0.25) is 5.02 Å². The number of hydrogen-bond acceptors (Lipinski definition) is 5. The Labute approximate surface area is 215 Å². The first-order valence-corrected chi connectivity index (χ1v) is 12.4. The molecule has 0 aliphatic carbocycles. The smallest absolute Gasteiger partial charge is 0.303 e. The van der Waals surface area contributed by atoms with Gasteiger partial charge >= 0.3 is 5.97 Å². The zero-order valence-corrected chi connectivity index (χ0v) is 21.0. The molecule has 0 spiro atoms. The molecule has 1 atom stereocenters. The van der Waals surface area contributed by atoms with Gasteiger partial charge in [0.1, 0.15) is 11.9 Å². The average molecular weight is 510 g/mol. The molecular weight excluding hydrogens is 481 g/mol. The van der Waals surface area contributed by atoms with Crippen LogP contribution in [0.4, 0.5) is 4.39 Å². The van der Waals surface area contributed by atoms with Gasteiger partial charge < -0.3 is 9.84 Å². The highest BCUT2D eigenvalue weighted by molar-refractivity contribution is 6.32. The number of carboxylic acid groups (broad SMARTS) is 1. The third kappa shape index (κ3) is 6.31. The highest BCUT2D eigenvalue weighted by Gasteiger charge is 2.37. The van der Waals surface area contributed by atoms with Gasteiger partial charge in [-0.2, -0.15) is 0 Å². The molecule has 8 heteroatoms. The van der Waals surface area contributed by atoms with E-state index in [-0.39, 0.29) is 17.9 Å². The number of halogens is 2. The Hall–Kier alpha value is -3.21. The summed E-state index contributed by atoms with van der Waals surface area (Å²) in [5.41, 5.74) is 1.42. The van der Waals surface area contributed by atoms with Crippen molar-refractivity contribution in [3.05, 3.63) is 65.1 Å². The molecule has 1 aliphatic rings. The monoisotopic (exact) mass is 509 g/mol. The number of nitrogens with zero attached hydrogens (tertiary/aromatic N) is 3. The summed E-state index contributed by atoms with van der Waals surface area (Å²) in [6.07, 6.45) is 5.58. The Bertz CT molecular complexity index is 1270. The minimum absolute atomic E-state index is 0.0214. The second-order valence-corrected chi connectivity index (χ2v) is 9.71. The molecule has 4 rings (SSSR count). The number of aromatic nitrogens is 2. The number of methoxy groups -OCH3 is 1. The molecule has 0 saturated carbocycles. The topological polar surface area (TPSA) is 75.6 Å². The molecule has 0 radical (unpaired) electrons. The number of alkyl halides is 1. The zero-order chi connectivity index (χ0) is 25.5. The molecular formula is C28H29ClFN3O3. The summed E-state index contributed by atoms with van der Waals surface area (Å²) in [6, 6.07) is 9.06. The van der Waals surface area contributed by atoms with Crippen LogP contribution >= 0.6 is 11.6 Å². The predicted molar refractivity (Wildman–Crippen MR) is 138 cm³/mol. The molecule has 2 aromatic heterocycles. The summed E-state index contributed by atoms with van der Waals surface area (Å²) in [7, 11) is 1.55. The fourth-order valence-corrected chi connectivity index (χ4v) is 5.17. The molecule has 1 aliphatic heterocycles. The van der Waals surface area contributed by atoms with E-state index in [1.807, 2.05) is 12.1 Å². The third-order valence-electron chi connectivity index (χ3n) is 6.95. The first kappa shape index (κ1) is 25.9. The number of fused-ring (bicyclic) bond motifs is 1. The zero-order valence-electron chi connectivity index (χ0n) is 20.2. The molecule has 36 heavy (non-hydrogen) atoms. The average Bonchev–Trinajstić information content (AvgIpc) is 2.88. The second-order valence-electron chi connectivity index (χ2n) is 9.30. The standard InChI is InChI=1S/C28H29ClFN3O3/c1-36-21-6-7-25-22(16-21)27(23(29)19-32-25)24(30)8-9-28(17-26(34)35)10-14-33(15-11-28)13-3-5-20-4-2-12-31-18-20/h2,4,6-7,12,16,18-19,24H,8-11,13-15,17H2,1H3,(H,34,35)/t24-/m1/s1. The Morgan fingerprint density at radius 1 is 1.31 bits per heavy atom. The van der Waals surface area contributed by atoms with E-state index in [0.29, 0.717) is 48.0 Å². The van der Waals surface area contributed by atoms with Crippen molar-refractivity contribution in [2.45, 2.75) is 38.3 Å². The fourth-order valence-electron chi connectivity index (χ4n) is 4.90. The number of ether oxygens (including phenoxy) is 1. The normalized spacial score (nSPS) is 16.2. The van der Waals surface area contributed by atoms with Crippen LogP contribution < -0.4 is 4.74 Å². The van der Waals surface area contributed by atoms with Gasteiger partial charge in [0.05, 0.1) is 30.6 Å². The van der Waals surface area contributed by atoms with Crippen LogP contribution in [0.15, 0.2) is 48.9 Å². The number of piperidine rings is 1. The molecule has 1 aromatic carbocycles. The van der Waals surface area contributed by atoms with Gasteiger partial charge in [0.2, 0.25) is 0 Å². The number of carbonyl (C=O) groups is 1. The summed E-state index contributed by atoms with van der Waals surface area (Å²) in [6.45, 7) is 2.05. The summed E-state index contributed by atoms with van der Waals surface area (Å²) >= 11 is 6.39. The molecule has 0 unspecified atom stereocenters. The lowest BCUT2D eigenvalue weighted by Gasteiger charge is -2.41. The fraction of sp³-hybridized carbons (Fsp3) is 0.393. The molecule has 3 aromatic rings. The molecule has 0 bridgehead atoms. The van der Waals surface area contributed by atoms with Crippen molar-refractivity contribution in [3.63, 3.8) is 0 Å². The van der Waals surface area contributed by atoms with Crippen LogP contribution in [0.3, 0.4) is 0 Å². The van der Waals surface area contributed by atoms with E-state index in [9.17, 15) is 9.90 Å². The Morgan fingerprint density at radius 3 is 2.81 bits per heavy atom. The van der Waals surface area contributed by atoms with Crippen LogP contribution in [0, 0.1) is 17.3 Å². The molecule has 1 fully saturated rings. The number of likely N-dealkylation sites (tertiary alicyclic amines) is 1. The summed E-state index contributed by atoms with van der Waals surface area (Å²) in [5, 5.41) is 10.5. The van der Waals surface area contributed by atoms with Crippen LogP contribution in [0.5, 0.6) is 5.75 Å². The third-order valence-corrected chi connectivity index (χ3v) is 7.25. The Morgan fingerprint density at radius 2 is 2.11 bits per heavy atom. The van der Waals surface area contributed by atoms with Crippen LogP contribution in [0.25, 0.3) is 10.9 Å². The van der Waals surface area contributed by atoms with Crippen molar-refractivity contribution >= 4 is 28.5 Å². The van der Waals surface area contributed by atoms with Gasteiger partial charge in [-0.1, -0.05) is 23.4 Å². The first-order chi connectivity index (χ1) is 17.4.